The predicted molar refractivity (Wildman–Crippen MR) is 103 cm³/mol. The number of carbonyl (C=O) groups is 2. The molecule has 0 spiro atoms. The summed E-state index contributed by atoms with van der Waals surface area (Å²) in [6.45, 7) is 2.36. The summed E-state index contributed by atoms with van der Waals surface area (Å²) in [5, 5.41) is 5.75. The van der Waals surface area contributed by atoms with Crippen molar-refractivity contribution in [2.24, 2.45) is 0 Å². The Kier molecular flexibility index (Phi) is 5.43. The molecule has 0 saturated carbocycles. The zero-order chi connectivity index (χ0) is 18.5. The molecule has 0 aliphatic carbocycles. The van der Waals surface area contributed by atoms with Gasteiger partial charge in [-0.25, -0.2) is 4.98 Å². The maximum Gasteiger partial charge on any atom is 0.256 e. The molecule has 2 amide bonds. The van der Waals surface area contributed by atoms with Crippen LogP contribution in [0.5, 0.6) is 0 Å². The van der Waals surface area contributed by atoms with Crippen LogP contribution in [0.3, 0.4) is 0 Å². The highest BCUT2D eigenvalue weighted by Crippen LogP contribution is 2.19. The number of aryl methyl sites for hydroxylation is 1. The monoisotopic (exact) mass is 365 g/mol. The van der Waals surface area contributed by atoms with E-state index in [0.29, 0.717) is 23.4 Å². The molecular formula is C20H19N3O2S. The highest BCUT2D eigenvalue weighted by atomic mass is 32.1. The van der Waals surface area contributed by atoms with E-state index in [1.807, 2.05) is 18.4 Å². The summed E-state index contributed by atoms with van der Waals surface area (Å²) in [6, 6.07) is 15.9. The third kappa shape index (κ3) is 4.15. The van der Waals surface area contributed by atoms with Crippen LogP contribution in [-0.4, -0.2) is 28.7 Å². The van der Waals surface area contributed by atoms with Crippen molar-refractivity contribution in [3.05, 3.63) is 81.8 Å². The van der Waals surface area contributed by atoms with Gasteiger partial charge in [0.05, 0.1) is 28.5 Å². The number of para-hydroxylation sites is 1. The van der Waals surface area contributed by atoms with E-state index in [0.717, 1.165) is 10.7 Å². The van der Waals surface area contributed by atoms with Gasteiger partial charge in [-0.3, -0.25) is 9.59 Å². The Balaban J connectivity index is 1.77. The van der Waals surface area contributed by atoms with Crippen molar-refractivity contribution in [2.45, 2.75) is 13.5 Å². The van der Waals surface area contributed by atoms with Crippen LogP contribution in [0.25, 0.3) is 0 Å². The number of amides is 2. The average Bonchev–Trinajstić information content (AvgIpc) is 3.07. The molecule has 1 N–H and O–H groups in total. The summed E-state index contributed by atoms with van der Waals surface area (Å²) in [5.41, 5.74) is 2.34. The van der Waals surface area contributed by atoms with E-state index in [9.17, 15) is 9.59 Å². The van der Waals surface area contributed by atoms with E-state index >= 15 is 0 Å². The molecule has 0 atom stereocenters. The minimum absolute atomic E-state index is 0.167. The number of carbonyl (C=O) groups excluding carboxylic acids is 2. The van der Waals surface area contributed by atoms with Gasteiger partial charge in [-0.15, -0.1) is 11.3 Å². The predicted octanol–water partition coefficient (Wildman–Crippen LogP) is 3.98. The minimum Gasteiger partial charge on any atom is -0.336 e. The van der Waals surface area contributed by atoms with E-state index in [4.69, 9.17) is 0 Å². The average molecular weight is 365 g/mol. The molecule has 3 aromatic rings. The van der Waals surface area contributed by atoms with Crippen LogP contribution >= 0.6 is 11.3 Å². The summed E-state index contributed by atoms with van der Waals surface area (Å²) in [5.74, 6) is -0.414. The lowest BCUT2D eigenvalue weighted by molar-refractivity contribution is 0.0784. The number of thiazole rings is 1. The van der Waals surface area contributed by atoms with Gasteiger partial charge in [-0.2, -0.15) is 0 Å². The van der Waals surface area contributed by atoms with Crippen LogP contribution in [0.4, 0.5) is 5.69 Å². The Morgan fingerprint density at radius 3 is 2.46 bits per heavy atom. The number of benzene rings is 2. The van der Waals surface area contributed by atoms with Crippen LogP contribution in [0, 0.1) is 6.92 Å². The van der Waals surface area contributed by atoms with Gasteiger partial charge in [-0.05, 0) is 31.2 Å². The Bertz CT molecular complexity index is 922. The van der Waals surface area contributed by atoms with Gasteiger partial charge in [0.1, 0.15) is 0 Å². The molecule has 0 radical (unpaired) electrons. The molecule has 26 heavy (non-hydrogen) atoms. The Hall–Kier alpha value is -2.99. The van der Waals surface area contributed by atoms with Gasteiger partial charge < -0.3 is 10.2 Å². The SMILES string of the molecule is Cc1nc(CN(C)C(=O)c2ccccc2NC(=O)c2ccccc2)cs1. The standard InChI is InChI=1S/C20H19N3O2S/c1-14-21-16(13-26-14)12-23(2)20(25)17-10-6-7-11-18(17)22-19(24)15-8-4-3-5-9-15/h3-11,13H,12H2,1-2H3,(H,22,24). The zero-order valence-corrected chi connectivity index (χ0v) is 15.4. The van der Waals surface area contributed by atoms with E-state index in [2.05, 4.69) is 10.3 Å². The van der Waals surface area contributed by atoms with Crippen molar-refractivity contribution < 1.29 is 9.59 Å². The van der Waals surface area contributed by atoms with Gasteiger partial charge >= 0.3 is 0 Å². The Morgan fingerprint density at radius 1 is 1.08 bits per heavy atom. The molecule has 0 fully saturated rings. The maximum atomic E-state index is 12.8. The quantitative estimate of drug-likeness (QED) is 0.744. The van der Waals surface area contributed by atoms with Crippen LogP contribution < -0.4 is 5.32 Å². The molecule has 3 rings (SSSR count). The number of nitrogens with zero attached hydrogens (tertiary/aromatic N) is 2. The molecule has 0 aliphatic heterocycles. The second-order valence-corrected chi connectivity index (χ2v) is 6.95. The third-order valence-electron chi connectivity index (χ3n) is 3.85. The molecule has 0 aliphatic rings. The van der Waals surface area contributed by atoms with Gasteiger partial charge in [0.25, 0.3) is 11.8 Å². The normalized spacial score (nSPS) is 10.4. The Morgan fingerprint density at radius 2 is 1.77 bits per heavy atom. The van der Waals surface area contributed by atoms with Crippen molar-refractivity contribution in [3.63, 3.8) is 0 Å². The molecule has 6 heteroatoms. The fraction of sp³-hybridized carbons (Fsp3) is 0.150. The van der Waals surface area contributed by atoms with Gasteiger partial charge in [0, 0.05) is 18.0 Å². The fourth-order valence-corrected chi connectivity index (χ4v) is 3.17. The lowest BCUT2D eigenvalue weighted by Crippen LogP contribution is -2.27. The summed E-state index contributed by atoms with van der Waals surface area (Å²) in [6.07, 6.45) is 0. The summed E-state index contributed by atoms with van der Waals surface area (Å²) >= 11 is 1.56. The molecule has 0 bridgehead atoms. The van der Waals surface area contributed by atoms with E-state index in [1.165, 1.54) is 0 Å². The maximum absolute atomic E-state index is 12.8. The van der Waals surface area contributed by atoms with Crippen molar-refractivity contribution >= 4 is 28.8 Å². The molecule has 1 aromatic heterocycles. The lowest BCUT2D eigenvalue weighted by atomic mass is 10.1. The number of aromatic nitrogens is 1. The van der Waals surface area contributed by atoms with E-state index < -0.39 is 0 Å². The first-order valence-corrected chi connectivity index (χ1v) is 9.04. The first kappa shape index (κ1) is 17.8. The van der Waals surface area contributed by atoms with Gasteiger partial charge in [0.2, 0.25) is 0 Å². The topological polar surface area (TPSA) is 62.3 Å². The summed E-state index contributed by atoms with van der Waals surface area (Å²) in [4.78, 5) is 31.2. The van der Waals surface area contributed by atoms with Crippen LogP contribution in [0.1, 0.15) is 31.4 Å². The van der Waals surface area contributed by atoms with Crippen molar-refractivity contribution in [1.29, 1.82) is 0 Å². The van der Waals surface area contributed by atoms with Crippen molar-refractivity contribution in [3.8, 4) is 0 Å². The number of hydrogen-bond donors (Lipinski definition) is 1. The number of rotatable bonds is 5. The van der Waals surface area contributed by atoms with Crippen LogP contribution in [0.2, 0.25) is 0 Å². The van der Waals surface area contributed by atoms with Crippen LogP contribution in [0.15, 0.2) is 60.0 Å². The Labute approximate surface area is 156 Å². The number of anilines is 1. The first-order chi connectivity index (χ1) is 12.5. The lowest BCUT2D eigenvalue weighted by Gasteiger charge is -2.18. The second kappa shape index (κ2) is 7.93. The van der Waals surface area contributed by atoms with Crippen molar-refractivity contribution in [1.82, 2.24) is 9.88 Å². The van der Waals surface area contributed by atoms with Crippen LogP contribution in [-0.2, 0) is 6.54 Å². The highest BCUT2D eigenvalue weighted by molar-refractivity contribution is 7.09. The number of hydrogen-bond acceptors (Lipinski definition) is 4. The van der Waals surface area contributed by atoms with Gasteiger partial charge in [-0.1, -0.05) is 30.3 Å². The molecule has 2 aromatic carbocycles. The molecule has 5 nitrogen and oxygen atoms in total. The molecule has 0 saturated heterocycles. The molecule has 132 valence electrons. The second-order valence-electron chi connectivity index (χ2n) is 5.88. The summed E-state index contributed by atoms with van der Waals surface area (Å²) in [7, 11) is 1.73. The molecular weight excluding hydrogens is 346 g/mol. The smallest absolute Gasteiger partial charge is 0.256 e. The molecule has 1 heterocycles. The van der Waals surface area contributed by atoms with E-state index in [1.54, 1.807) is 71.8 Å². The minimum atomic E-state index is -0.247. The fourth-order valence-electron chi connectivity index (χ4n) is 2.56. The largest absolute Gasteiger partial charge is 0.336 e. The van der Waals surface area contributed by atoms with E-state index in [-0.39, 0.29) is 11.8 Å². The third-order valence-corrected chi connectivity index (χ3v) is 4.68. The zero-order valence-electron chi connectivity index (χ0n) is 14.6. The first-order valence-electron chi connectivity index (χ1n) is 8.16. The van der Waals surface area contributed by atoms with Crippen molar-refractivity contribution in [2.75, 3.05) is 12.4 Å². The highest BCUT2D eigenvalue weighted by Gasteiger charge is 2.18. The molecule has 0 unspecified atom stereocenters. The number of nitrogens with one attached hydrogen (secondary N) is 1. The summed E-state index contributed by atoms with van der Waals surface area (Å²) < 4.78 is 0. The van der Waals surface area contributed by atoms with Gasteiger partial charge in [0.15, 0.2) is 0 Å².